The second-order valence-corrected chi connectivity index (χ2v) is 5.58. The van der Waals surface area contributed by atoms with Gasteiger partial charge in [0, 0.05) is 11.6 Å². The summed E-state index contributed by atoms with van der Waals surface area (Å²) < 4.78 is 1.86. The van der Waals surface area contributed by atoms with E-state index in [9.17, 15) is 0 Å². The van der Waals surface area contributed by atoms with Gasteiger partial charge in [0.1, 0.15) is 0 Å². The van der Waals surface area contributed by atoms with Gasteiger partial charge < -0.3 is 5.73 Å². The fourth-order valence-corrected chi connectivity index (χ4v) is 2.79. The summed E-state index contributed by atoms with van der Waals surface area (Å²) in [6.45, 7) is 3.63. The van der Waals surface area contributed by atoms with Gasteiger partial charge in [-0.15, -0.1) is 16.4 Å². The molecule has 0 saturated heterocycles. The van der Waals surface area contributed by atoms with Crippen LogP contribution in [-0.4, -0.2) is 26.5 Å². The van der Waals surface area contributed by atoms with Gasteiger partial charge in [-0.25, -0.2) is 9.67 Å². The fourth-order valence-electron chi connectivity index (χ4n) is 1.90. The van der Waals surface area contributed by atoms with Gasteiger partial charge >= 0.3 is 0 Å². The molecule has 0 aromatic carbocycles. The Balaban J connectivity index is 1.87. The molecule has 5 nitrogen and oxygen atoms in total. The molecule has 19 heavy (non-hydrogen) atoms. The molecule has 0 aliphatic carbocycles. The Labute approximate surface area is 117 Å². The Morgan fingerprint density at radius 3 is 2.95 bits per heavy atom. The molecule has 2 rings (SSSR count). The first kappa shape index (κ1) is 14.1. The van der Waals surface area contributed by atoms with Crippen LogP contribution in [0.4, 0.5) is 0 Å². The number of hydrogen-bond donors (Lipinski definition) is 1. The number of nitrogens with two attached hydrogens (primary N) is 1. The van der Waals surface area contributed by atoms with Crippen molar-refractivity contribution in [3.05, 3.63) is 28.0 Å². The molecule has 0 amide bonds. The van der Waals surface area contributed by atoms with Crippen molar-refractivity contribution in [1.29, 1.82) is 0 Å². The van der Waals surface area contributed by atoms with Crippen LogP contribution in [0.5, 0.6) is 0 Å². The van der Waals surface area contributed by atoms with E-state index < -0.39 is 0 Å². The zero-order chi connectivity index (χ0) is 13.5. The summed E-state index contributed by atoms with van der Waals surface area (Å²) >= 11 is 1.73. The summed E-state index contributed by atoms with van der Waals surface area (Å²) in [5.74, 6) is 0. The van der Waals surface area contributed by atoms with E-state index in [-0.39, 0.29) is 0 Å². The van der Waals surface area contributed by atoms with Gasteiger partial charge in [0.15, 0.2) is 0 Å². The lowest BCUT2D eigenvalue weighted by Crippen LogP contribution is -2.01. The first-order chi connectivity index (χ1) is 9.31. The normalized spacial score (nSPS) is 11.1. The standard InChI is InChI=1S/C13H21N5S/c1-2-5-13-15-12(10-19-13)9-18-8-11(16-17-18)6-3-4-7-14/h8,10H,2-7,9,14H2,1H3. The topological polar surface area (TPSA) is 69.6 Å². The molecule has 0 fully saturated rings. The SMILES string of the molecule is CCCc1nc(Cn2cc(CCCCN)nn2)cs1. The van der Waals surface area contributed by atoms with Gasteiger partial charge in [0.2, 0.25) is 0 Å². The molecule has 0 aliphatic rings. The van der Waals surface area contributed by atoms with Gasteiger partial charge in [-0.05, 0) is 38.6 Å². The highest BCUT2D eigenvalue weighted by Gasteiger charge is 2.05. The van der Waals surface area contributed by atoms with Gasteiger partial charge in [0.25, 0.3) is 0 Å². The molecule has 2 N–H and O–H groups in total. The third-order valence-electron chi connectivity index (χ3n) is 2.86. The van der Waals surface area contributed by atoms with Crippen molar-refractivity contribution in [3.8, 4) is 0 Å². The van der Waals surface area contributed by atoms with Crippen LogP contribution in [0.2, 0.25) is 0 Å². The lowest BCUT2D eigenvalue weighted by atomic mass is 10.2. The Bertz CT molecular complexity index is 491. The van der Waals surface area contributed by atoms with Crippen molar-refractivity contribution >= 4 is 11.3 Å². The second-order valence-electron chi connectivity index (χ2n) is 4.64. The summed E-state index contributed by atoms with van der Waals surface area (Å²) in [5.41, 5.74) is 7.59. The molecule has 0 aliphatic heterocycles. The van der Waals surface area contributed by atoms with Crippen LogP contribution < -0.4 is 5.73 Å². The van der Waals surface area contributed by atoms with E-state index in [1.165, 1.54) is 5.01 Å². The minimum atomic E-state index is 0.712. The maximum atomic E-state index is 5.48. The van der Waals surface area contributed by atoms with E-state index in [1.54, 1.807) is 11.3 Å². The molecule has 0 radical (unpaired) electrons. The van der Waals surface area contributed by atoms with E-state index in [1.807, 2.05) is 10.9 Å². The summed E-state index contributed by atoms with van der Waals surface area (Å²) in [6, 6.07) is 0. The molecule has 0 saturated carbocycles. The molecule has 104 valence electrons. The molecule has 0 atom stereocenters. The molecule has 2 aromatic heterocycles. The minimum Gasteiger partial charge on any atom is -0.330 e. The average Bonchev–Trinajstić information content (AvgIpc) is 3.01. The third-order valence-corrected chi connectivity index (χ3v) is 3.82. The molecular weight excluding hydrogens is 258 g/mol. The van der Waals surface area contributed by atoms with Crippen molar-refractivity contribution < 1.29 is 0 Å². The predicted octanol–water partition coefficient (Wildman–Crippen LogP) is 2.02. The lowest BCUT2D eigenvalue weighted by Gasteiger charge is -1.96. The monoisotopic (exact) mass is 279 g/mol. The quantitative estimate of drug-likeness (QED) is 0.751. The summed E-state index contributed by atoms with van der Waals surface area (Å²) in [5, 5.41) is 11.6. The zero-order valence-electron chi connectivity index (χ0n) is 11.4. The van der Waals surface area contributed by atoms with E-state index in [0.29, 0.717) is 6.54 Å². The van der Waals surface area contributed by atoms with Gasteiger partial charge in [0.05, 0.1) is 22.9 Å². The highest BCUT2D eigenvalue weighted by Crippen LogP contribution is 2.12. The molecule has 0 spiro atoms. The van der Waals surface area contributed by atoms with Crippen LogP contribution in [0.15, 0.2) is 11.6 Å². The molecule has 6 heteroatoms. The van der Waals surface area contributed by atoms with Gasteiger partial charge in [-0.1, -0.05) is 12.1 Å². The number of aryl methyl sites for hydroxylation is 2. The van der Waals surface area contributed by atoms with E-state index in [0.717, 1.165) is 50.0 Å². The van der Waals surface area contributed by atoms with E-state index in [4.69, 9.17) is 5.73 Å². The van der Waals surface area contributed by atoms with Gasteiger partial charge in [-0.2, -0.15) is 0 Å². The first-order valence-corrected chi connectivity index (χ1v) is 7.72. The number of hydrogen-bond acceptors (Lipinski definition) is 5. The summed E-state index contributed by atoms with van der Waals surface area (Å²) in [6.07, 6.45) is 7.28. The highest BCUT2D eigenvalue weighted by atomic mass is 32.1. The predicted molar refractivity (Wildman–Crippen MR) is 77.2 cm³/mol. The van der Waals surface area contributed by atoms with Crippen LogP contribution in [0.3, 0.4) is 0 Å². The molecule has 0 unspecified atom stereocenters. The average molecular weight is 279 g/mol. The van der Waals surface area contributed by atoms with Crippen molar-refractivity contribution in [2.24, 2.45) is 5.73 Å². The maximum absolute atomic E-state index is 5.48. The first-order valence-electron chi connectivity index (χ1n) is 6.84. The number of unbranched alkanes of at least 4 members (excludes halogenated alkanes) is 1. The number of aromatic nitrogens is 4. The molecule has 2 aromatic rings. The van der Waals surface area contributed by atoms with Crippen LogP contribution in [-0.2, 0) is 19.4 Å². The second kappa shape index (κ2) is 7.35. The fraction of sp³-hybridized carbons (Fsp3) is 0.615. The Morgan fingerprint density at radius 2 is 2.16 bits per heavy atom. The number of rotatable bonds is 8. The summed E-state index contributed by atoms with van der Waals surface area (Å²) in [7, 11) is 0. The van der Waals surface area contributed by atoms with Crippen LogP contribution in [0.25, 0.3) is 0 Å². The summed E-state index contributed by atoms with van der Waals surface area (Å²) in [4.78, 5) is 4.59. The lowest BCUT2D eigenvalue weighted by molar-refractivity contribution is 0.638. The van der Waals surface area contributed by atoms with Crippen LogP contribution in [0.1, 0.15) is 42.6 Å². The minimum absolute atomic E-state index is 0.712. The third kappa shape index (κ3) is 4.40. The number of thiazole rings is 1. The molecule has 0 bridgehead atoms. The van der Waals surface area contributed by atoms with Crippen LogP contribution in [0, 0.1) is 0 Å². The Hall–Kier alpha value is -1.27. The molecule has 2 heterocycles. The van der Waals surface area contributed by atoms with Gasteiger partial charge in [-0.3, -0.25) is 0 Å². The largest absolute Gasteiger partial charge is 0.330 e. The van der Waals surface area contributed by atoms with E-state index in [2.05, 4.69) is 27.6 Å². The Kier molecular flexibility index (Phi) is 5.47. The van der Waals surface area contributed by atoms with Crippen LogP contribution >= 0.6 is 11.3 Å². The molecular formula is C13H21N5S. The van der Waals surface area contributed by atoms with Crippen molar-refractivity contribution in [1.82, 2.24) is 20.0 Å². The maximum Gasteiger partial charge on any atom is 0.0928 e. The van der Waals surface area contributed by atoms with Crippen molar-refractivity contribution in [3.63, 3.8) is 0 Å². The van der Waals surface area contributed by atoms with E-state index >= 15 is 0 Å². The van der Waals surface area contributed by atoms with Crippen molar-refractivity contribution in [2.45, 2.75) is 45.6 Å². The van der Waals surface area contributed by atoms with Crippen molar-refractivity contribution in [2.75, 3.05) is 6.54 Å². The highest BCUT2D eigenvalue weighted by molar-refractivity contribution is 7.09. The smallest absolute Gasteiger partial charge is 0.0928 e. The zero-order valence-corrected chi connectivity index (χ0v) is 12.2. The number of nitrogens with zero attached hydrogens (tertiary/aromatic N) is 4. The Morgan fingerprint density at radius 1 is 1.26 bits per heavy atom.